The highest BCUT2D eigenvalue weighted by Crippen LogP contribution is 2.37. The van der Waals surface area contributed by atoms with Crippen molar-refractivity contribution in [1.29, 1.82) is 0 Å². The van der Waals surface area contributed by atoms with E-state index in [2.05, 4.69) is 4.98 Å². The summed E-state index contributed by atoms with van der Waals surface area (Å²) in [6, 6.07) is 4.72. The molecule has 0 saturated carbocycles. The number of primary amides is 1. The predicted molar refractivity (Wildman–Crippen MR) is 108 cm³/mol. The van der Waals surface area contributed by atoms with Crippen LogP contribution < -0.4 is 21.9 Å². The molecule has 2 heterocycles. The van der Waals surface area contributed by atoms with Gasteiger partial charge in [0.25, 0.3) is 5.56 Å². The molecule has 0 aliphatic carbocycles. The maximum Gasteiger partial charge on any atom is 0.314 e. The van der Waals surface area contributed by atoms with Gasteiger partial charge in [-0.15, -0.1) is 0 Å². The third kappa shape index (κ3) is 3.95. The highest BCUT2D eigenvalue weighted by atomic mass is 35.5. The van der Waals surface area contributed by atoms with Crippen molar-refractivity contribution in [2.24, 2.45) is 12.8 Å². The van der Waals surface area contributed by atoms with E-state index in [-0.39, 0.29) is 16.3 Å². The van der Waals surface area contributed by atoms with Gasteiger partial charge in [-0.1, -0.05) is 41.0 Å². The number of benzene rings is 1. The van der Waals surface area contributed by atoms with Crippen LogP contribution in [0.15, 0.2) is 32.8 Å². The topological polar surface area (TPSA) is 110 Å². The summed E-state index contributed by atoms with van der Waals surface area (Å²) >= 11 is 13.4. The number of nitrogen functional groups attached to an aromatic ring is 1. The number of halogens is 2. The fraction of sp³-hybridized carbons (Fsp3) is 0.312. The Balaban J connectivity index is 1.90. The van der Waals surface area contributed by atoms with Gasteiger partial charge in [0.1, 0.15) is 10.7 Å². The van der Waals surface area contributed by atoms with Gasteiger partial charge in [0.05, 0.1) is 10.0 Å². The summed E-state index contributed by atoms with van der Waals surface area (Å²) in [5, 5.41) is 0.756. The minimum Gasteiger partial charge on any atom is -0.382 e. The molecule has 2 amide bonds. The lowest BCUT2D eigenvalue weighted by Gasteiger charge is -2.35. The zero-order valence-electron chi connectivity index (χ0n) is 14.5. The summed E-state index contributed by atoms with van der Waals surface area (Å²) < 4.78 is 1.44. The number of rotatable bonds is 3. The molecule has 8 nitrogen and oxygen atoms in total. The highest BCUT2D eigenvalue weighted by Gasteiger charge is 2.24. The summed E-state index contributed by atoms with van der Waals surface area (Å²) in [5.41, 5.74) is 11.1. The number of hydrogen-bond donors (Lipinski definition) is 2. The van der Waals surface area contributed by atoms with Crippen molar-refractivity contribution in [3.63, 3.8) is 0 Å². The molecule has 1 aromatic carbocycles. The fourth-order valence-electron chi connectivity index (χ4n) is 2.76. The van der Waals surface area contributed by atoms with Gasteiger partial charge in [0.15, 0.2) is 0 Å². The Kier molecular flexibility index (Phi) is 5.73. The molecule has 0 bridgehead atoms. The molecule has 3 rings (SSSR count). The van der Waals surface area contributed by atoms with E-state index in [0.717, 1.165) is 11.8 Å². The number of piperazine rings is 1. The molecule has 144 valence electrons. The lowest BCUT2D eigenvalue weighted by molar-refractivity contribution is 0.203. The van der Waals surface area contributed by atoms with Gasteiger partial charge in [-0.05, 0) is 12.1 Å². The third-order valence-electron chi connectivity index (χ3n) is 4.25. The quantitative estimate of drug-likeness (QED) is 0.773. The van der Waals surface area contributed by atoms with Crippen molar-refractivity contribution in [3.05, 3.63) is 38.6 Å². The summed E-state index contributed by atoms with van der Waals surface area (Å²) in [6.45, 7) is 1.93. The first-order valence-electron chi connectivity index (χ1n) is 8.07. The molecule has 0 spiro atoms. The number of hydrogen-bond acceptors (Lipinski definition) is 6. The summed E-state index contributed by atoms with van der Waals surface area (Å²) in [6.07, 6.45) is 0. The molecule has 1 saturated heterocycles. The van der Waals surface area contributed by atoms with Gasteiger partial charge in [0.2, 0.25) is 5.95 Å². The van der Waals surface area contributed by atoms with Crippen molar-refractivity contribution in [2.45, 2.75) is 9.79 Å². The molecule has 11 heteroatoms. The molecule has 2 aromatic rings. The maximum absolute atomic E-state index is 12.9. The largest absolute Gasteiger partial charge is 0.382 e. The number of carbonyl (C=O) groups excluding carboxylic acids is 1. The number of anilines is 2. The van der Waals surface area contributed by atoms with Crippen LogP contribution in [0.4, 0.5) is 16.6 Å². The third-order valence-corrected chi connectivity index (χ3v) is 6.33. The lowest BCUT2D eigenvalue weighted by Crippen LogP contribution is -2.51. The second-order valence-electron chi connectivity index (χ2n) is 5.96. The minimum absolute atomic E-state index is 0.117. The van der Waals surface area contributed by atoms with E-state index in [1.807, 2.05) is 4.90 Å². The average Bonchev–Trinajstić information content (AvgIpc) is 2.65. The smallest absolute Gasteiger partial charge is 0.314 e. The van der Waals surface area contributed by atoms with Crippen LogP contribution >= 0.6 is 35.0 Å². The zero-order valence-corrected chi connectivity index (χ0v) is 16.8. The Labute approximate surface area is 170 Å². The first-order valence-corrected chi connectivity index (χ1v) is 9.64. The standard InChI is InChI=1S/C16H18Cl2N6O2S/c1-22-14(25)12(27-10-4-2-3-9(17)11(10)18)13(19)21-16(22)24-7-5-23(6-8-24)15(20)26/h2-4H,5-8,19H2,1H3,(H2,20,26). The Hall–Kier alpha value is -2.10. The van der Waals surface area contributed by atoms with Crippen LogP contribution in [0.1, 0.15) is 0 Å². The van der Waals surface area contributed by atoms with Crippen molar-refractivity contribution in [3.8, 4) is 0 Å². The molecule has 1 aliphatic rings. The summed E-state index contributed by atoms with van der Waals surface area (Å²) in [7, 11) is 1.63. The molecule has 1 fully saturated rings. The van der Waals surface area contributed by atoms with E-state index in [1.165, 1.54) is 4.57 Å². The highest BCUT2D eigenvalue weighted by molar-refractivity contribution is 7.99. The summed E-state index contributed by atoms with van der Waals surface area (Å²) in [4.78, 5) is 32.9. The van der Waals surface area contributed by atoms with Gasteiger partial charge in [-0.25, -0.2) is 4.79 Å². The second kappa shape index (κ2) is 7.87. The van der Waals surface area contributed by atoms with Gasteiger partial charge >= 0.3 is 6.03 Å². The van der Waals surface area contributed by atoms with Crippen molar-refractivity contribution < 1.29 is 4.79 Å². The van der Waals surface area contributed by atoms with E-state index in [9.17, 15) is 9.59 Å². The van der Waals surface area contributed by atoms with Crippen LogP contribution in [0.3, 0.4) is 0 Å². The van der Waals surface area contributed by atoms with E-state index >= 15 is 0 Å². The van der Waals surface area contributed by atoms with Crippen molar-refractivity contribution in [2.75, 3.05) is 36.8 Å². The summed E-state index contributed by atoms with van der Waals surface area (Å²) in [5.74, 6) is 0.564. The number of aromatic nitrogens is 2. The van der Waals surface area contributed by atoms with E-state index in [4.69, 9.17) is 34.7 Å². The van der Waals surface area contributed by atoms with Crippen molar-refractivity contribution in [1.82, 2.24) is 14.5 Å². The molecule has 0 radical (unpaired) electrons. The van der Waals surface area contributed by atoms with E-state index < -0.39 is 6.03 Å². The zero-order chi connectivity index (χ0) is 19.7. The number of nitrogens with two attached hydrogens (primary N) is 2. The van der Waals surface area contributed by atoms with Gasteiger partial charge in [0, 0.05) is 38.1 Å². The fourth-order valence-corrected chi connectivity index (χ4v) is 4.18. The molecular formula is C16H18Cl2N6O2S. The van der Waals surface area contributed by atoms with Crippen LogP contribution in [0.5, 0.6) is 0 Å². The van der Waals surface area contributed by atoms with E-state index in [1.54, 1.807) is 30.1 Å². The monoisotopic (exact) mass is 428 g/mol. The number of amides is 2. The van der Waals surface area contributed by atoms with Crippen LogP contribution in [0, 0.1) is 0 Å². The van der Waals surface area contributed by atoms with Crippen molar-refractivity contribution >= 4 is 52.8 Å². The Bertz CT molecular complexity index is 943. The molecular weight excluding hydrogens is 411 g/mol. The van der Waals surface area contributed by atoms with Crippen LogP contribution in [-0.2, 0) is 7.05 Å². The van der Waals surface area contributed by atoms with Gasteiger partial charge in [-0.3, -0.25) is 9.36 Å². The predicted octanol–water partition coefficient (Wildman–Crippen LogP) is 2.02. The Morgan fingerprint density at radius 2 is 1.89 bits per heavy atom. The second-order valence-corrected chi connectivity index (χ2v) is 7.79. The minimum atomic E-state index is -0.457. The van der Waals surface area contributed by atoms with E-state index in [0.29, 0.717) is 47.1 Å². The van der Waals surface area contributed by atoms with Crippen LogP contribution in [0.25, 0.3) is 0 Å². The lowest BCUT2D eigenvalue weighted by atomic mass is 10.3. The molecule has 27 heavy (non-hydrogen) atoms. The average molecular weight is 429 g/mol. The Morgan fingerprint density at radius 3 is 2.52 bits per heavy atom. The van der Waals surface area contributed by atoms with Crippen LogP contribution in [-0.4, -0.2) is 46.7 Å². The molecule has 0 unspecified atom stereocenters. The van der Waals surface area contributed by atoms with Gasteiger partial charge in [-0.2, -0.15) is 4.98 Å². The first-order chi connectivity index (χ1) is 12.8. The maximum atomic E-state index is 12.9. The normalized spacial score (nSPS) is 14.5. The number of urea groups is 1. The SMILES string of the molecule is Cn1c(N2CCN(C(N)=O)CC2)nc(N)c(Sc2cccc(Cl)c2Cl)c1=O. The van der Waals surface area contributed by atoms with Crippen LogP contribution in [0.2, 0.25) is 10.0 Å². The molecule has 0 atom stereocenters. The number of carbonyl (C=O) groups is 1. The Morgan fingerprint density at radius 1 is 1.22 bits per heavy atom. The molecule has 4 N–H and O–H groups in total. The van der Waals surface area contributed by atoms with Gasteiger partial charge < -0.3 is 21.3 Å². The first kappa shape index (κ1) is 19.7. The molecule has 1 aromatic heterocycles. The number of nitrogens with zero attached hydrogens (tertiary/aromatic N) is 4. The molecule has 1 aliphatic heterocycles.